The van der Waals surface area contributed by atoms with Crippen molar-refractivity contribution in [1.82, 2.24) is 4.98 Å². The summed E-state index contributed by atoms with van der Waals surface area (Å²) in [5, 5.41) is 0. The van der Waals surface area contributed by atoms with Crippen molar-refractivity contribution in [2.24, 2.45) is 0 Å². The van der Waals surface area contributed by atoms with Crippen LogP contribution in [0.4, 0.5) is 0 Å². The molecule has 0 radical (unpaired) electrons. The largest absolute Gasteiger partial charge is 0.263 e. The first-order valence-corrected chi connectivity index (χ1v) is 7.46. The van der Waals surface area contributed by atoms with Crippen LogP contribution in [0.5, 0.6) is 0 Å². The molecule has 1 aromatic heterocycles. The van der Waals surface area contributed by atoms with Gasteiger partial charge >= 0.3 is 0 Å². The number of nitrogens with zero attached hydrogens (tertiary/aromatic N) is 1. The van der Waals surface area contributed by atoms with Gasteiger partial charge in [-0.05, 0) is 45.3 Å². The van der Waals surface area contributed by atoms with E-state index in [1.54, 1.807) is 18.0 Å². The normalized spacial score (nSPS) is 10.5. The Hall–Kier alpha value is -0.510. The fourth-order valence-corrected chi connectivity index (χ4v) is 2.79. The Morgan fingerprint density at radius 1 is 1.12 bits per heavy atom. The Morgan fingerprint density at radius 2 is 1.88 bits per heavy atom. The monoisotopic (exact) mass is 327 g/mol. The van der Waals surface area contributed by atoms with Crippen molar-refractivity contribution < 1.29 is 0 Å². The molecule has 0 bridgehead atoms. The van der Waals surface area contributed by atoms with Gasteiger partial charge in [-0.25, -0.2) is 0 Å². The molecule has 0 saturated carbocycles. The summed E-state index contributed by atoms with van der Waals surface area (Å²) in [6.45, 7) is 0. The van der Waals surface area contributed by atoms with Crippen LogP contribution in [-0.4, -0.2) is 4.98 Å². The quantitative estimate of drug-likeness (QED) is 0.586. The molecule has 0 fully saturated rings. The van der Waals surface area contributed by atoms with E-state index < -0.39 is 0 Å². The average Bonchev–Trinajstić information content (AvgIpc) is 2.37. The van der Waals surface area contributed by atoms with Crippen LogP contribution < -0.4 is 0 Å². The van der Waals surface area contributed by atoms with Crippen LogP contribution in [0, 0.1) is 0 Å². The van der Waals surface area contributed by atoms with Crippen molar-refractivity contribution >= 4 is 39.3 Å². The predicted octanol–water partition coefficient (Wildman–Crippen LogP) is 4.88. The zero-order valence-corrected chi connectivity index (χ0v) is 12.2. The molecular formula is C13H11BrClNS. The van der Waals surface area contributed by atoms with Crippen LogP contribution in [0.3, 0.4) is 0 Å². The molecule has 2 rings (SSSR count). The third-order valence-electron chi connectivity index (χ3n) is 2.24. The highest BCUT2D eigenvalue weighted by Gasteiger charge is 1.98. The summed E-state index contributed by atoms with van der Waals surface area (Å²) in [4.78, 5) is 5.40. The first-order chi connectivity index (χ1) is 8.28. The summed E-state index contributed by atoms with van der Waals surface area (Å²) in [5.41, 5.74) is 2.37. The van der Waals surface area contributed by atoms with Gasteiger partial charge in [0.05, 0.1) is 0 Å². The molecule has 0 saturated heterocycles. The lowest BCUT2D eigenvalue weighted by Crippen LogP contribution is -1.83. The highest BCUT2D eigenvalue weighted by atomic mass is 79.9. The minimum absolute atomic E-state index is 0.570. The number of hydrogen-bond donors (Lipinski definition) is 0. The third-order valence-corrected chi connectivity index (χ3v) is 4.07. The smallest absolute Gasteiger partial charge is 0.0474 e. The van der Waals surface area contributed by atoms with Crippen molar-refractivity contribution in [2.45, 2.75) is 16.5 Å². The van der Waals surface area contributed by atoms with Crippen LogP contribution in [-0.2, 0) is 11.6 Å². The minimum Gasteiger partial charge on any atom is -0.263 e. The zero-order chi connectivity index (χ0) is 12.1. The molecule has 0 amide bonds. The zero-order valence-electron chi connectivity index (χ0n) is 9.07. The fourth-order valence-electron chi connectivity index (χ4n) is 1.38. The second-order valence-corrected chi connectivity index (χ2v) is 5.81. The Kier molecular flexibility index (Phi) is 4.89. The average molecular weight is 329 g/mol. The van der Waals surface area contributed by atoms with Gasteiger partial charge in [0.25, 0.3) is 0 Å². The second-order valence-electron chi connectivity index (χ2n) is 3.58. The van der Waals surface area contributed by atoms with Crippen LogP contribution in [0.15, 0.2) is 52.1 Å². The van der Waals surface area contributed by atoms with Crippen molar-refractivity contribution in [3.63, 3.8) is 0 Å². The first kappa shape index (κ1) is 12.9. The molecule has 0 unspecified atom stereocenters. The molecule has 1 nitrogen and oxygen atoms in total. The summed E-state index contributed by atoms with van der Waals surface area (Å²) in [6, 6.07) is 10.4. The van der Waals surface area contributed by atoms with Crippen molar-refractivity contribution in [3.05, 3.63) is 58.3 Å². The summed E-state index contributed by atoms with van der Waals surface area (Å²) >= 11 is 11.0. The molecule has 2 aromatic rings. The SMILES string of the molecule is ClCc1ccc(SCc2cncc(Br)c2)cc1. The van der Waals surface area contributed by atoms with E-state index in [4.69, 9.17) is 11.6 Å². The standard InChI is InChI=1S/C13H11BrClNS/c14-12-5-11(7-16-8-12)9-17-13-3-1-10(6-15)2-4-13/h1-5,7-8H,6,9H2. The number of benzene rings is 1. The number of rotatable bonds is 4. The van der Waals surface area contributed by atoms with Crippen LogP contribution >= 0.6 is 39.3 Å². The highest BCUT2D eigenvalue weighted by molar-refractivity contribution is 9.10. The molecule has 1 heterocycles. The topological polar surface area (TPSA) is 12.9 Å². The van der Waals surface area contributed by atoms with E-state index in [0.717, 1.165) is 15.8 Å². The number of hydrogen-bond acceptors (Lipinski definition) is 2. The molecule has 0 aliphatic carbocycles. The van der Waals surface area contributed by atoms with Gasteiger partial charge in [0.15, 0.2) is 0 Å². The van der Waals surface area contributed by atoms with Crippen LogP contribution in [0.1, 0.15) is 11.1 Å². The van der Waals surface area contributed by atoms with Gasteiger partial charge in [-0.1, -0.05) is 12.1 Å². The molecule has 17 heavy (non-hydrogen) atoms. The van der Waals surface area contributed by atoms with E-state index in [0.29, 0.717) is 5.88 Å². The summed E-state index contributed by atoms with van der Waals surface area (Å²) < 4.78 is 1.02. The fraction of sp³-hybridized carbons (Fsp3) is 0.154. The molecule has 88 valence electrons. The number of alkyl halides is 1. The van der Waals surface area contributed by atoms with Crippen molar-refractivity contribution in [1.29, 1.82) is 0 Å². The Balaban J connectivity index is 1.97. The molecule has 4 heteroatoms. The second kappa shape index (κ2) is 6.43. The van der Waals surface area contributed by atoms with E-state index in [1.807, 2.05) is 6.20 Å². The molecule has 0 spiro atoms. The Labute approximate surface area is 119 Å². The van der Waals surface area contributed by atoms with E-state index in [-0.39, 0.29) is 0 Å². The molecule has 0 aliphatic heterocycles. The third kappa shape index (κ3) is 4.02. The maximum absolute atomic E-state index is 5.75. The van der Waals surface area contributed by atoms with Gasteiger partial charge in [0.1, 0.15) is 0 Å². The molecule has 1 aromatic carbocycles. The van der Waals surface area contributed by atoms with Gasteiger partial charge in [-0.2, -0.15) is 0 Å². The molecule has 0 aliphatic rings. The Bertz CT molecular complexity index is 487. The van der Waals surface area contributed by atoms with E-state index in [2.05, 4.69) is 51.2 Å². The van der Waals surface area contributed by atoms with Gasteiger partial charge in [0, 0.05) is 33.4 Å². The van der Waals surface area contributed by atoms with E-state index >= 15 is 0 Å². The molecule has 0 atom stereocenters. The van der Waals surface area contributed by atoms with Gasteiger partial charge in [-0.3, -0.25) is 4.98 Å². The number of thioether (sulfide) groups is 1. The van der Waals surface area contributed by atoms with Crippen LogP contribution in [0.2, 0.25) is 0 Å². The number of pyridine rings is 1. The predicted molar refractivity (Wildman–Crippen MR) is 77.5 cm³/mol. The highest BCUT2D eigenvalue weighted by Crippen LogP contribution is 2.24. The van der Waals surface area contributed by atoms with Crippen LogP contribution in [0.25, 0.3) is 0 Å². The summed E-state index contributed by atoms with van der Waals surface area (Å²) in [6.07, 6.45) is 3.69. The molecular weight excluding hydrogens is 318 g/mol. The number of halogens is 2. The lowest BCUT2D eigenvalue weighted by atomic mass is 10.2. The summed E-state index contributed by atoms with van der Waals surface area (Å²) in [7, 11) is 0. The summed E-state index contributed by atoms with van der Waals surface area (Å²) in [5.74, 6) is 1.49. The van der Waals surface area contributed by atoms with Gasteiger partial charge in [-0.15, -0.1) is 23.4 Å². The maximum atomic E-state index is 5.75. The molecule has 0 N–H and O–H groups in total. The van der Waals surface area contributed by atoms with Crippen molar-refractivity contribution in [3.8, 4) is 0 Å². The van der Waals surface area contributed by atoms with E-state index in [1.165, 1.54) is 10.5 Å². The van der Waals surface area contributed by atoms with E-state index in [9.17, 15) is 0 Å². The van der Waals surface area contributed by atoms with Gasteiger partial charge in [0.2, 0.25) is 0 Å². The maximum Gasteiger partial charge on any atom is 0.0474 e. The number of aromatic nitrogens is 1. The minimum atomic E-state index is 0.570. The van der Waals surface area contributed by atoms with Crippen molar-refractivity contribution in [2.75, 3.05) is 0 Å². The lowest BCUT2D eigenvalue weighted by molar-refractivity contribution is 1.23. The first-order valence-electron chi connectivity index (χ1n) is 5.15. The lowest BCUT2D eigenvalue weighted by Gasteiger charge is -2.03. The van der Waals surface area contributed by atoms with Gasteiger partial charge < -0.3 is 0 Å². The Morgan fingerprint density at radius 3 is 2.53 bits per heavy atom.